The molecule has 5 rings (SSSR count). The van der Waals surface area contributed by atoms with Gasteiger partial charge in [-0.15, -0.1) is 0 Å². The Morgan fingerprint density at radius 1 is 1.32 bits per heavy atom. The molecule has 25 heavy (non-hydrogen) atoms. The van der Waals surface area contributed by atoms with Crippen molar-refractivity contribution in [2.75, 3.05) is 13.7 Å². The molecule has 0 unspecified atom stereocenters. The first-order valence-electron chi connectivity index (χ1n) is 9.80. The summed E-state index contributed by atoms with van der Waals surface area (Å²) in [6.45, 7) is 5.26. The van der Waals surface area contributed by atoms with Gasteiger partial charge in [-0.2, -0.15) is 0 Å². The Bertz CT molecular complexity index is 709. The lowest BCUT2D eigenvalue weighted by Gasteiger charge is -2.59. The molecule has 0 aromatic carbocycles. The summed E-state index contributed by atoms with van der Waals surface area (Å²) in [7, 11) is 1.53. The molecule has 7 atom stereocenters. The summed E-state index contributed by atoms with van der Waals surface area (Å²) in [5.41, 5.74) is 1.07. The van der Waals surface area contributed by atoms with Crippen LogP contribution in [0.3, 0.4) is 0 Å². The second kappa shape index (κ2) is 5.12. The summed E-state index contributed by atoms with van der Waals surface area (Å²) < 4.78 is 17.6. The predicted octanol–water partition coefficient (Wildman–Crippen LogP) is 4.46. The third-order valence-corrected chi connectivity index (χ3v) is 8.34. The van der Waals surface area contributed by atoms with Gasteiger partial charge >= 0.3 is 5.97 Å². The molecule has 4 heteroatoms. The fraction of sp³-hybridized carbons (Fsp3) is 0.762. The van der Waals surface area contributed by atoms with E-state index in [1.165, 1.54) is 25.5 Å². The quantitative estimate of drug-likeness (QED) is 0.706. The Morgan fingerprint density at radius 2 is 2.16 bits per heavy atom. The van der Waals surface area contributed by atoms with Crippen LogP contribution in [0.5, 0.6) is 0 Å². The molecule has 0 bridgehead atoms. The minimum atomic E-state index is -0.372. The number of hydrogen-bond acceptors (Lipinski definition) is 4. The van der Waals surface area contributed by atoms with Crippen molar-refractivity contribution in [3.8, 4) is 0 Å². The van der Waals surface area contributed by atoms with Crippen LogP contribution in [0.15, 0.2) is 16.7 Å². The topological polar surface area (TPSA) is 48.7 Å². The second-order valence-electron chi connectivity index (χ2n) is 9.08. The van der Waals surface area contributed by atoms with Crippen LogP contribution in [-0.4, -0.2) is 19.7 Å². The molecule has 1 aromatic heterocycles. The van der Waals surface area contributed by atoms with Crippen molar-refractivity contribution in [2.24, 2.45) is 28.6 Å². The Morgan fingerprint density at radius 3 is 2.96 bits per heavy atom. The highest BCUT2D eigenvalue weighted by atomic mass is 16.5. The monoisotopic (exact) mass is 344 g/mol. The molecule has 0 N–H and O–H groups in total. The van der Waals surface area contributed by atoms with Gasteiger partial charge in [0.1, 0.15) is 11.9 Å². The van der Waals surface area contributed by atoms with Gasteiger partial charge in [0.15, 0.2) is 0 Å². The van der Waals surface area contributed by atoms with Crippen molar-refractivity contribution in [3.63, 3.8) is 0 Å². The first-order valence-corrected chi connectivity index (χ1v) is 9.80. The van der Waals surface area contributed by atoms with Gasteiger partial charge in [0.2, 0.25) is 0 Å². The Hall–Kier alpha value is -1.29. The standard InChI is InChI=1S/C21H28O4/c1-12-13-5-6-15-20(2,19(22)23-3)8-4-9-21(15)11-25-18(16(13)21)17-14(12)7-10-24-17/h7,10,12-13,15-16,18H,4-6,8-9,11H2,1-3H3/t12-,13+,15+,16-,18+,20-,21-/m1/s1. The number of ether oxygens (including phenoxy) is 2. The van der Waals surface area contributed by atoms with E-state index in [1.54, 1.807) is 0 Å². The maximum Gasteiger partial charge on any atom is 0.311 e. The maximum absolute atomic E-state index is 12.7. The number of carbonyl (C=O) groups excluding carboxylic acids is 1. The van der Waals surface area contributed by atoms with Gasteiger partial charge in [0.25, 0.3) is 0 Å². The van der Waals surface area contributed by atoms with Crippen LogP contribution in [0, 0.1) is 28.6 Å². The third-order valence-electron chi connectivity index (χ3n) is 8.34. The highest BCUT2D eigenvalue weighted by Crippen LogP contribution is 2.70. The molecule has 1 aromatic rings. The highest BCUT2D eigenvalue weighted by Gasteiger charge is 2.68. The number of fused-ring (bicyclic) bond motifs is 2. The van der Waals surface area contributed by atoms with E-state index in [9.17, 15) is 4.79 Å². The van der Waals surface area contributed by atoms with Crippen LogP contribution in [0.2, 0.25) is 0 Å². The van der Waals surface area contributed by atoms with Crippen molar-refractivity contribution >= 4 is 5.97 Å². The lowest BCUT2D eigenvalue weighted by Crippen LogP contribution is -2.57. The van der Waals surface area contributed by atoms with Crippen LogP contribution in [-0.2, 0) is 14.3 Å². The van der Waals surface area contributed by atoms with E-state index in [0.717, 1.165) is 31.6 Å². The highest BCUT2D eigenvalue weighted by molar-refractivity contribution is 5.77. The molecule has 136 valence electrons. The first kappa shape index (κ1) is 15.9. The number of methoxy groups -OCH3 is 1. The zero-order valence-electron chi connectivity index (χ0n) is 15.4. The van der Waals surface area contributed by atoms with E-state index in [-0.39, 0.29) is 22.9 Å². The van der Waals surface area contributed by atoms with Gasteiger partial charge in [-0.1, -0.05) is 13.3 Å². The van der Waals surface area contributed by atoms with Crippen molar-refractivity contribution in [1.29, 1.82) is 0 Å². The smallest absolute Gasteiger partial charge is 0.311 e. The molecular formula is C21H28O4. The summed E-state index contributed by atoms with van der Waals surface area (Å²) >= 11 is 0. The molecule has 1 spiro atoms. The number of furan rings is 1. The van der Waals surface area contributed by atoms with Gasteiger partial charge in [-0.25, -0.2) is 0 Å². The van der Waals surface area contributed by atoms with Crippen LogP contribution in [0.4, 0.5) is 0 Å². The summed E-state index contributed by atoms with van der Waals surface area (Å²) in [5.74, 6) is 3.01. The lowest BCUT2D eigenvalue weighted by atomic mass is 9.43. The Kier molecular flexibility index (Phi) is 3.26. The molecule has 1 aliphatic heterocycles. The first-order chi connectivity index (χ1) is 12.0. The van der Waals surface area contributed by atoms with Gasteiger partial charge in [0, 0.05) is 11.3 Å². The Balaban J connectivity index is 1.62. The van der Waals surface area contributed by atoms with E-state index < -0.39 is 0 Å². The predicted molar refractivity (Wildman–Crippen MR) is 91.9 cm³/mol. The average Bonchev–Trinajstić information content (AvgIpc) is 3.24. The zero-order chi connectivity index (χ0) is 17.4. The van der Waals surface area contributed by atoms with Crippen molar-refractivity contribution in [2.45, 2.75) is 58.0 Å². The van der Waals surface area contributed by atoms with Crippen molar-refractivity contribution < 1.29 is 18.7 Å². The molecule has 1 saturated heterocycles. The fourth-order valence-electron chi connectivity index (χ4n) is 7.33. The molecule has 3 aliphatic carbocycles. The van der Waals surface area contributed by atoms with E-state index >= 15 is 0 Å². The minimum absolute atomic E-state index is 0.0268. The number of rotatable bonds is 1. The summed E-state index contributed by atoms with van der Waals surface area (Å²) in [6.07, 6.45) is 7.38. The minimum Gasteiger partial charge on any atom is -0.469 e. The van der Waals surface area contributed by atoms with Crippen LogP contribution in [0.1, 0.15) is 69.3 Å². The fourth-order valence-corrected chi connectivity index (χ4v) is 7.33. The molecule has 2 saturated carbocycles. The maximum atomic E-state index is 12.7. The van der Waals surface area contributed by atoms with Gasteiger partial charge in [-0.3, -0.25) is 4.79 Å². The molecule has 2 heterocycles. The summed E-state index contributed by atoms with van der Waals surface area (Å²) in [5, 5.41) is 0. The SMILES string of the molecule is COC(=O)[C@]1(C)CCC[C@@]23CO[C@@H]4c5occc5[C@H](C)[C@H](CC[C@H]21)[C@H]43. The van der Waals surface area contributed by atoms with Gasteiger partial charge in [0.05, 0.1) is 25.4 Å². The largest absolute Gasteiger partial charge is 0.469 e. The lowest BCUT2D eigenvalue weighted by molar-refractivity contribution is -0.172. The Labute approximate surface area is 149 Å². The molecule has 4 nitrogen and oxygen atoms in total. The van der Waals surface area contributed by atoms with Gasteiger partial charge in [-0.05, 0) is 62.0 Å². The second-order valence-corrected chi connectivity index (χ2v) is 9.08. The van der Waals surface area contributed by atoms with E-state index in [0.29, 0.717) is 23.7 Å². The van der Waals surface area contributed by atoms with Crippen LogP contribution < -0.4 is 0 Å². The number of hydrogen-bond donors (Lipinski definition) is 0. The van der Waals surface area contributed by atoms with E-state index in [1.807, 2.05) is 6.26 Å². The molecular weight excluding hydrogens is 316 g/mol. The van der Waals surface area contributed by atoms with Crippen LogP contribution in [0.25, 0.3) is 0 Å². The summed E-state index contributed by atoms with van der Waals surface area (Å²) in [6, 6.07) is 2.14. The van der Waals surface area contributed by atoms with Crippen molar-refractivity contribution in [3.05, 3.63) is 23.7 Å². The van der Waals surface area contributed by atoms with Crippen LogP contribution >= 0.6 is 0 Å². The van der Waals surface area contributed by atoms with Crippen molar-refractivity contribution in [1.82, 2.24) is 0 Å². The molecule has 3 fully saturated rings. The molecule has 4 aliphatic rings. The normalized spacial score (nSPS) is 47.6. The zero-order valence-corrected chi connectivity index (χ0v) is 15.4. The summed E-state index contributed by atoms with van der Waals surface area (Å²) in [4.78, 5) is 12.7. The number of esters is 1. The van der Waals surface area contributed by atoms with E-state index in [4.69, 9.17) is 13.9 Å². The van der Waals surface area contributed by atoms with Gasteiger partial charge < -0.3 is 13.9 Å². The number of carbonyl (C=O) groups is 1. The molecule has 0 radical (unpaired) electrons. The molecule has 0 amide bonds. The van der Waals surface area contributed by atoms with E-state index in [2.05, 4.69) is 19.9 Å². The third kappa shape index (κ3) is 1.79. The average molecular weight is 344 g/mol.